The monoisotopic (exact) mass is 767 g/mol. The Morgan fingerprint density at radius 3 is 1.72 bits per heavy atom. The van der Waals surface area contributed by atoms with Crippen molar-refractivity contribution in [2.75, 3.05) is 0 Å². The Morgan fingerprint density at radius 2 is 0.950 bits per heavy atom. The molecule has 0 radical (unpaired) electrons. The number of nitrogens with zero attached hydrogens (tertiary/aromatic N) is 5. The summed E-state index contributed by atoms with van der Waals surface area (Å²) in [4.78, 5) is 20.1. The normalized spacial score (nSPS) is 11.7. The standard InChI is InChI=1S/C54H33N5O/c1-3-11-34(12-4-1)37-19-20-39-32-41(22-21-38(39)31-37)52-56-51(57-53(58-52)46-29-30-55-54-50(46)45-16-8-10-18-49(45)60-54)36-23-26-42(27-24-36)59-47-17-9-7-15-43(47)44-28-25-40(33-48(44)59)35-13-5-2-6-14-35/h1-33H. The first-order valence-electron chi connectivity index (χ1n) is 20.0. The molecular weight excluding hydrogens is 735 g/mol. The van der Waals surface area contributed by atoms with Crippen molar-refractivity contribution in [1.29, 1.82) is 0 Å². The molecule has 12 rings (SSSR count). The van der Waals surface area contributed by atoms with Crippen LogP contribution in [0.2, 0.25) is 0 Å². The average molecular weight is 768 g/mol. The van der Waals surface area contributed by atoms with Gasteiger partial charge in [0.1, 0.15) is 5.58 Å². The average Bonchev–Trinajstić information content (AvgIpc) is 3.87. The molecule has 0 saturated heterocycles. The third kappa shape index (κ3) is 5.65. The van der Waals surface area contributed by atoms with E-state index in [0.717, 1.165) is 60.5 Å². The van der Waals surface area contributed by atoms with Crippen LogP contribution in [0.4, 0.5) is 0 Å². The zero-order valence-corrected chi connectivity index (χ0v) is 32.2. The second kappa shape index (κ2) is 13.7. The SMILES string of the molecule is c1ccc(-c2ccc3cc(-c4nc(-c5ccc(-n6c7ccccc7c7ccc(-c8ccccc8)cc76)cc5)nc(-c5ccnc6oc7ccccc7c56)n4)ccc3c2)cc1. The summed E-state index contributed by atoms with van der Waals surface area (Å²) < 4.78 is 8.54. The highest BCUT2D eigenvalue weighted by atomic mass is 16.3. The van der Waals surface area contributed by atoms with Gasteiger partial charge < -0.3 is 8.98 Å². The van der Waals surface area contributed by atoms with Crippen LogP contribution in [0, 0.1) is 0 Å². The minimum Gasteiger partial charge on any atom is -0.438 e. The minimum atomic E-state index is 0.545. The second-order valence-corrected chi connectivity index (χ2v) is 15.1. The van der Waals surface area contributed by atoms with Gasteiger partial charge in [0.05, 0.1) is 16.4 Å². The molecule has 280 valence electrons. The molecule has 0 saturated carbocycles. The van der Waals surface area contributed by atoms with E-state index >= 15 is 0 Å². The van der Waals surface area contributed by atoms with E-state index in [0.29, 0.717) is 23.2 Å². The van der Waals surface area contributed by atoms with Gasteiger partial charge in [0.15, 0.2) is 17.5 Å². The lowest BCUT2D eigenvalue weighted by molar-refractivity contribution is 0.654. The number of hydrogen-bond acceptors (Lipinski definition) is 5. The fourth-order valence-electron chi connectivity index (χ4n) is 8.60. The van der Waals surface area contributed by atoms with Gasteiger partial charge in [-0.25, -0.2) is 19.9 Å². The predicted molar refractivity (Wildman–Crippen MR) is 244 cm³/mol. The van der Waals surface area contributed by atoms with Crippen molar-refractivity contribution in [1.82, 2.24) is 24.5 Å². The number of hydrogen-bond donors (Lipinski definition) is 0. The van der Waals surface area contributed by atoms with Crippen LogP contribution in [-0.2, 0) is 0 Å². The molecule has 6 heteroatoms. The number of para-hydroxylation sites is 2. The van der Waals surface area contributed by atoms with Crippen LogP contribution in [0.1, 0.15) is 0 Å². The van der Waals surface area contributed by atoms with Crippen molar-refractivity contribution >= 4 is 54.6 Å². The van der Waals surface area contributed by atoms with Gasteiger partial charge in [-0.1, -0.05) is 133 Å². The van der Waals surface area contributed by atoms with Gasteiger partial charge in [-0.3, -0.25) is 0 Å². The maximum absolute atomic E-state index is 6.19. The number of aromatic nitrogens is 5. The Labute approximate surface area is 344 Å². The van der Waals surface area contributed by atoms with Crippen LogP contribution in [0.15, 0.2) is 205 Å². The number of rotatable bonds is 6. The predicted octanol–water partition coefficient (Wildman–Crippen LogP) is 13.8. The zero-order valence-electron chi connectivity index (χ0n) is 32.2. The number of furan rings is 1. The summed E-state index contributed by atoms with van der Waals surface area (Å²) in [7, 11) is 0. The maximum atomic E-state index is 6.19. The molecule has 12 aromatic rings. The van der Waals surface area contributed by atoms with Gasteiger partial charge in [0.2, 0.25) is 5.71 Å². The molecule has 0 amide bonds. The van der Waals surface area contributed by atoms with E-state index in [1.165, 1.54) is 33.0 Å². The Bertz CT molecular complexity index is 3590. The number of pyridine rings is 1. The van der Waals surface area contributed by atoms with Crippen LogP contribution in [0.3, 0.4) is 0 Å². The summed E-state index contributed by atoms with van der Waals surface area (Å²) in [6, 6.07) is 67.9. The molecule has 60 heavy (non-hydrogen) atoms. The molecule has 0 aliphatic rings. The zero-order chi connectivity index (χ0) is 39.6. The Kier molecular flexibility index (Phi) is 7.74. The van der Waals surface area contributed by atoms with Crippen LogP contribution >= 0.6 is 0 Å². The second-order valence-electron chi connectivity index (χ2n) is 15.1. The van der Waals surface area contributed by atoms with Crippen LogP contribution in [-0.4, -0.2) is 24.5 Å². The van der Waals surface area contributed by atoms with E-state index in [4.69, 9.17) is 19.4 Å². The lowest BCUT2D eigenvalue weighted by Crippen LogP contribution is -2.01. The number of fused-ring (bicyclic) bond motifs is 7. The van der Waals surface area contributed by atoms with Crippen molar-refractivity contribution in [3.05, 3.63) is 200 Å². The van der Waals surface area contributed by atoms with Crippen molar-refractivity contribution in [2.24, 2.45) is 0 Å². The lowest BCUT2D eigenvalue weighted by atomic mass is 10.00. The van der Waals surface area contributed by atoms with Crippen LogP contribution < -0.4 is 0 Å². The highest BCUT2D eigenvalue weighted by molar-refractivity contribution is 6.11. The molecule has 0 aliphatic carbocycles. The highest BCUT2D eigenvalue weighted by Gasteiger charge is 2.19. The minimum absolute atomic E-state index is 0.545. The highest BCUT2D eigenvalue weighted by Crippen LogP contribution is 2.38. The quantitative estimate of drug-likeness (QED) is 0.168. The molecule has 0 unspecified atom stereocenters. The van der Waals surface area contributed by atoms with Crippen LogP contribution in [0.5, 0.6) is 0 Å². The van der Waals surface area contributed by atoms with Gasteiger partial charge in [-0.2, -0.15) is 0 Å². The molecule has 6 nitrogen and oxygen atoms in total. The molecule has 0 aliphatic heterocycles. The van der Waals surface area contributed by atoms with E-state index < -0.39 is 0 Å². The fraction of sp³-hybridized carbons (Fsp3) is 0. The van der Waals surface area contributed by atoms with Gasteiger partial charge in [-0.15, -0.1) is 0 Å². The molecule has 0 fully saturated rings. The molecule has 0 spiro atoms. The Hall–Kier alpha value is -8.22. The lowest BCUT2D eigenvalue weighted by Gasteiger charge is -2.12. The topological polar surface area (TPSA) is 69.6 Å². The maximum Gasteiger partial charge on any atom is 0.228 e. The van der Waals surface area contributed by atoms with Gasteiger partial charge in [0.25, 0.3) is 0 Å². The van der Waals surface area contributed by atoms with E-state index in [9.17, 15) is 0 Å². The summed E-state index contributed by atoms with van der Waals surface area (Å²) in [5.41, 5.74) is 12.0. The molecule has 0 atom stereocenters. The van der Waals surface area contributed by atoms with Gasteiger partial charge in [0, 0.05) is 44.7 Å². The Morgan fingerprint density at radius 1 is 0.383 bits per heavy atom. The van der Waals surface area contributed by atoms with Crippen LogP contribution in [0.25, 0.3) is 117 Å². The first-order chi connectivity index (χ1) is 29.7. The molecule has 4 aromatic heterocycles. The first-order valence-corrected chi connectivity index (χ1v) is 20.0. The molecule has 0 bridgehead atoms. The molecule has 0 N–H and O–H groups in total. The first kappa shape index (κ1) is 33.9. The van der Waals surface area contributed by atoms with Crippen molar-refractivity contribution in [3.8, 4) is 62.1 Å². The molecule has 4 heterocycles. The molecular formula is C54H33N5O. The largest absolute Gasteiger partial charge is 0.438 e. The number of benzene rings is 8. The van der Waals surface area contributed by atoms with E-state index in [-0.39, 0.29) is 0 Å². The third-order valence-corrected chi connectivity index (χ3v) is 11.5. The summed E-state index contributed by atoms with van der Waals surface area (Å²) in [6.45, 7) is 0. The van der Waals surface area contributed by atoms with Crippen molar-refractivity contribution < 1.29 is 4.42 Å². The van der Waals surface area contributed by atoms with Crippen molar-refractivity contribution in [3.63, 3.8) is 0 Å². The Balaban J connectivity index is 1.01. The summed E-state index contributed by atoms with van der Waals surface area (Å²) >= 11 is 0. The fourth-order valence-corrected chi connectivity index (χ4v) is 8.60. The summed E-state index contributed by atoms with van der Waals surface area (Å²) in [5, 5.41) is 6.51. The third-order valence-electron chi connectivity index (χ3n) is 11.5. The molecule has 8 aromatic carbocycles. The summed E-state index contributed by atoms with van der Waals surface area (Å²) in [6.07, 6.45) is 1.76. The van der Waals surface area contributed by atoms with Gasteiger partial charge in [-0.05, 0) is 93.7 Å². The van der Waals surface area contributed by atoms with E-state index in [2.05, 4.69) is 173 Å². The summed E-state index contributed by atoms with van der Waals surface area (Å²) in [5.74, 6) is 1.71. The van der Waals surface area contributed by atoms with E-state index in [1.807, 2.05) is 30.3 Å². The van der Waals surface area contributed by atoms with Crippen molar-refractivity contribution in [2.45, 2.75) is 0 Å². The van der Waals surface area contributed by atoms with Gasteiger partial charge >= 0.3 is 0 Å². The van der Waals surface area contributed by atoms with E-state index in [1.54, 1.807) is 6.20 Å². The smallest absolute Gasteiger partial charge is 0.228 e.